The van der Waals surface area contributed by atoms with E-state index in [9.17, 15) is 13.2 Å². The molecule has 1 aromatic rings. The molecule has 1 aromatic carbocycles. The summed E-state index contributed by atoms with van der Waals surface area (Å²) in [5.41, 5.74) is 0.640. The van der Waals surface area contributed by atoms with Crippen LogP contribution in [0.15, 0.2) is 29.2 Å². The van der Waals surface area contributed by atoms with E-state index in [4.69, 9.17) is 4.74 Å². The molecule has 1 saturated heterocycles. The summed E-state index contributed by atoms with van der Waals surface area (Å²) in [7, 11) is -2.16. The van der Waals surface area contributed by atoms with Crippen molar-refractivity contribution in [1.82, 2.24) is 9.62 Å². The van der Waals surface area contributed by atoms with Gasteiger partial charge in [0.1, 0.15) is 10.6 Å². The van der Waals surface area contributed by atoms with Crippen molar-refractivity contribution in [2.45, 2.75) is 50.5 Å². The van der Waals surface area contributed by atoms with Crippen LogP contribution >= 0.6 is 0 Å². The first-order valence-electron chi connectivity index (χ1n) is 9.05. The van der Waals surface area contributed by atoms with Gasteiger partial charge in [0, 0.05) is 25.2 Å². The summed E-state index contributed by atoms with van der Waals surface area (Å²) in [6.07, 6.45) is 6.68. The second-order valence-corrected chi connectivity index (χ2v) is 8.43. The monoisotopic (exact) mass is 380 g/mol. The Bertz CT molecular complexity index is 753. The largest absolute Gasteiger partial charge is 0.495 e. The summed E-state index contributed by atoms with van der Waals surface area (Å²) in [5.74, 6) is 0.118. The molecule has 7 heteroatoms. The molecule has 1 fully saturated rings. The van der Waals surface area contributed by atoms with Crippen LogP contribution < -0.4 is 10.1 Å². The molecule has 1 heterocycles. The number of nitrogens with zero attached hydrogens (tertiary/aromatic N) is 1. The molecule has 1 N–H and O–H groups in total. The minimum absolute atomic E-state index is 0.0954. The fourth-order valence-corrected chi connectivity index (χ4v) is 4.52. The lowest BCUT2D eigenvalue weighted by molar-refractivity contribution is -0.117. The molecule has 6 nitrogen and oxygen atoms in total. The summed E-state index contributed by atoms with van der Waals surface area (Å²) in [6.45, 7) is 4.99. The van der Waals surface area contributed by atoms with Crippen molar-refractivity contribution in [3.8, 4) is 5.75 Å². The molecule has 0 bridgehead atoms. The van der Waals surface area contributed by atoms with Crippen LogP contribution in [-0.2, 0) is 14.8 Å². The number of carbonyl (C=O) groups is 1. The highest BCUT2D eigenvalue weighted by Gasteiger charge is 2.28. The molecule has 1 atom stereocenters. The van der Waals surface area contributed by atoms with E-state index in [1.807, 2.05) is 13.8 Å². The van der Waals surface area contributed by atoms with E-state index >= 15 is 0 Å². The zero-order valence-electron chi connectivity index (χ0n) is 15.7. The third-order valence-electron chi connectivity index (χ3n) is 4.55. The maximum atomic E-state index is 13.0. The Labute approximate surface area is 156 Å². The van der Waals surface area contributed by atoms with E-state index in [-0.39, 0.29) is 16.8 Å². The van der Waals surface area contributed by atoms with Gasteiger partial charge in [0.2, 0.25) is 15.9 Å². The minimum Gasteiger partial charge on any atom is -0.495 e. The maximum Gasteiger partial charge on any atom is 0.246 e. The number of hydrogen-bond donors (Lipinski definition) is 1. The third kappa shape index (κ3) is 5.08. The number of carbonyl (C=O) groups excluding carboxylic acids is 1. The topological polar surface area (TPSA) is 75.7 Å². The Balaban J connectivity index is 2.26. The summed E-state index contributed by atoms with van der Waals surface area (Å²) in [5, 5.41) is 2.84. The van der Waals surface area contributed by atoms with Crippen LogP contribution in [0.2, 0.25) is 0 Å². The Kier molecular flexibility index (Phi) is 7.23. The Morgan fingerprint density at radius 1 is 1.31 bits per heavy atom. The van der Waals surface area contributed by atoms with Gasteiger partial charge in [-0.2, -0.15) is 4.31 Å². The maximum absolute atomic E-state index is 13.0. The SMILES string of the molecule is CC[C@H](C)NC(=O)/C=C/c1ccc(OC)c(S(=O)(=O)N2CCCCC2)c1. The number of sulfonamides is 1. The normalized spacial score (nSPS) is 17.2. The molecule has 1 aliphatic heterocycles. The Morgan fingerprint density at radius 3 is 2.62 bits per heavy atom. The van der Waals surface area contributed by atoms with Gasteiger partial charge < -0.3 is 10.1 Å². The lowest BCUT2D eigenvalue weighted by Gasteiger charge is -2.26. The van der Waals surface area contributed by atoms with Gasteiger partial charge in [-0.1, -0.05) is 19.4 Å². The smallest absolute Gasteiger partial charge is 0.246 e. The van der Waals surface area contributed by atoms with Crippen LogP contribution in [0.1, 0.15) is 45.1 Å². The molecule has 1 aliphatic rings. The van der Waals surface area contributed by atoms with Crippen molar-refractivity contribution in [2.24, 2.45) is 0 Å². The second-order valence-electron chi connectivity index (χ2n) is 6.53. The molecule has 0 unspecified atom stereocenters. The third-order valence-corrected chi connectivity index (χ3v) is 6.47. The van der Waals surface area contributed by atoms with Crippen molar-refractivity contribution < 1.29 is 17.9 Å². The van der Waals surface area contributed by atoms with Crippen LogP contribution in [0.4, 0.5) is 0 Å². The molecule has 144 valence electrons. The number of benzene rings is 1. The Morgan fingerprint density at radius 2 is 2.00 bits per heavy atom. The van der Waals surface area contributed by atoms with Crippen LogP contribution in [0.3, 0.4) is 0 Å². The van der Waals surface area contributed by atoms with Gasteiger partial charge in [0.05, 0.1) is 7.11 Å². The van der Waals surface area contributed by atoms with Crippen molar-refractivity contribution in [3.63, 3.8) is 0 Å². The average molecular weight is 381 g/mol. The van der Waals surface area contributed by atoms with E-state index in [0.29, 0.717) is 24.4 Å². The number of nitrogens with one attached hydrogen (secondary N) is 1. The molecule has 0 radical (unpaired) electrons. The first kappa shape index (κ1) is 20.5. The highest BCUT2D eigenvalue weighted by atomic mass is 32.2. The quantitative estimate of drug-likeness (QED) is 0.738. The molecule has 0 aromatic heterocycles. The van der Waals surface area contributed by atoms with Gasteiger partial charge in [0.25, 0.3) is 0 Å². The fraction of sp³-hybridized carbons (Fsp3) is 0.526. The van der Waals surface area contributed by atoms with Crippen LogP contribution in [-0.4, -0.2) is 44.9 Å². The molecule has 26 heavy (non-hydrogen) atoms. The van der Waals surface area contributed by atoms with Gasteiger partial charge in [-0.15, -0.1) is 0 Å². The zero-order chi connectivity index (χ0) is 19.2. The second kappa shape index (κ2) is 9.19. The molecule has 1 amide bonds. The molecule has 0 spiro atoms. The number of piperidine rings is 1. The Hall–Kier alpha value is -1.86. The summed E-state index contributed by atoms with van der Waals surface area (Å²) in [4.78, 5) is 12.0. The first-order chi connectivity index (χ1) is 12.4. The summed E-state index contributed by atoms with van der Waals surface area (Å²) in [6, 6.07) is 5.03. The van der Waals surface area contributed by atoms with E-state index in [1.165, 1.54) is 17.5 Å². The van der Waals surface area contributed by atoms with Gasteiger partial charge in [-0.05, 0) is 50.0 Å². The number of ether oxygens (including phenoxy) is 1. The predicted octanol–water partition coefficient (Wildman–Crippen LogP) is 2.80. The van der Waals surface area contributed by atoms with E-state index in [1.54, 1.807) is 24.3 Å². The molecule has 2 rings (SSSR count). The minimum atomic E-state index is -3.61. The van der Waals surface area contributed by atoms with E-state index < -0.39 is 10.0 Å². The number of hydrogen-bond acceptors (Lipinski definition) is 4. The summed E-state index contributed by atoms with van der Waals surface area (Å²) >= 11 is 0. The van der Waals surface area contributed by atoms with E-state index in [0.717, 1.165) is 25.7 Å². The van der Waals surface area contributed by atoms with E-state index in [2.05, 4.69) is 5.32 Å². The lowest BCUT2D eigenvalue weighted by Crippen LogP contribution is -2.35. The van der Waals surface area contributed by atoms with Gasteiger partial charge >= 0.3 is 0 Å². The fourth-order valence-electron chi connectivity index (χ4n) is 2.81. The summed E-state index contributed by atoms with van der Waals surface area (Å²) < 4.78 is 32.7. The standard InChI is InChI=1S/C19H28N2O4S/c1-4-15(2)20-19(22)11-9-16-8-10-17(25-3)18(14-16)26(23,24)21-12-6-5-7-13-21/h8-11,14-15H,4-7,12-13H2,1-3H3,(H,20,22)/b11-9+/t15-/m0/s1. The van der Waals surface area contributed by atoms with Gasteiger partial charge in [-0.25, -0.2) is 8.42 Å². The van der Waals surface area contributed by atoms with Crippen LogP contribution in [0.25, 0.3) is 6.08 Å². The average Bonchev–Trinajstić information content (AvgIpc) is 2.66. The predicted molar refractivity (Wildman–Crippen MR) is 103 cm³/mol. The first-order valence-corrected chi connectivity index (χ1v) is 10.5. The van der Waals surface area contributed by atoms with Gasteiger partial charge in [-0.3, -0.25) is 4.79 Å². The highest BCUT2D eigenvalue weighted by molar-refractivity contribution is 7.89. The molecular formula is C19H28N2O4S. The number of methoxy groups -OCH3 is 1. The molecule has 0 aliphatic carbocycles. The lowest BCUT2D eigenvalue weighted by atomic mass is 10.2. The van der Waals surface area contributed by atoms with Crippen molar-refractivity contribution in [3.05, 3.63) is 29.8 Å². The number of rotatable bonds is 7. The van der Waals surface area contributed by atoms with Crippen molar-refractivity contribution in [2.75, 3.05) is 20.2 Å². The highest BCUT2D eigenvalue weighted by Crippen LogP contribution is 2.29. The molecular weight excluding hydrogens is 352 g/mol. The zero-order valence-corrected chi connectivity index (χ0v) is 16.5. The number of amides is 1. The van der Waals surface area contributed by atoms with Crippen LogP contribution in [0, 0.1) is 0 Å². The van der Waals surface area contributed by atoms with Gasteiger partial charge in [0.15, 0.2) is 0 Å². The van der Waals surface area contributed by atoms with Crippen molar-refractivity contribution in [1.29, 1.82) is 0 Å². The molecule has 0 saturated carbocycles. The van der Waals surface area contributed by atoms with Crippen molar-refractivity contribution >= 4 is 22.0 Å². The van der Waals surface area contributed by atoms with Crippen LogP contribution in [0.5, 0.6) is 5.75 Å².